The quantitative estimate of drug-likeness (QED) is 0.657. The van der Waals surface area contributed by atoms with Crippen LogP contribution < -0.4 is 0 Å². The molecule has 0 bridgehead atoms. The van der Waals surface area contributed by atoms with Crippen LogP contribution >= 0.6 is 0 Å². The minimum Gasteiger partial charge on any atom is -0.508 e. The van der Waals surface area contributed by atoms with Gasteiger partial charge in [-0.2, -0.15) is 0 Å². The first kappa shape index (κ1) is 6.68. The maximum atomic E-state index is 9.14. The zero-order valence-electron chi connectivity index (χ0n) is 6.16. The Morgan fingerprint density at radius 3 is 2.73 bits per heavy atom. The van der Waals surface area contributed by atoms with Crippen LogP contribution in [0, 0.1) is 0 Å². The first-order chi connectivity index (χ1) is 5.36. The zero-order valence-corrected chi connectivity index (χ0v) is 6.16. The highest BCUT2D eigenvalue weighted by molar-refractivity contribution is 5.30. The number of phenols is 1. The molecule has 1 fully saturated rings. The summed E-state index contributed by atoms with van der Waals surface area (Å²) in [6.07, 6.45) is 0. The van der Waals surface area contributed by atoms with Gasteiger partial charge in [-0.1, -0.05) is 12.1 Å². The van der Waals surface area contributed by atoms with Gasteiger partial charge in [0, 0.05) is 5.92 Å². The van der Waals surface area contributed by atoms with Crippen molar-refractivity contribution in [2.24, 2.45) is 0 Å². The van der Waals surface area contributed by atoms with Gasteiger partial charge in [0.25, 0.3) is 0 Å². The second-order valence-electron chi connectivity index (χ2n) is 2.83. The standard InChI is InChI=1S/C9H10O2/c10-9-3-1-2-7(4-9)8-5-11-6-8/h1-4,8,10H,5-6H2. The van der Waals surface area contributed by atoms with E-state index in [0.717, 1.165) is 13.2 Å². The van der Waals surface area contributed by atoms with Gasteiger partial charge in [-0.05, 0) is 17.7 Å². The average Bonchev–Trinajstić information content (AvgIpc) is 1.83. The largest absolute Gasteiger partial charge is 0.508 e. The Kier molecular flexibility index (Phi) is 1.55. The van der Waals surface area contributed by atoms with E-state index in [0.29, 0.717) is 11.7 Å². The summed E-state index contributed by atoms with van der Waals surface area (Å²) in [5.74, 6) is 0.844. The molecule has 0 saturated carbocycles. The molecular weight excluding hydrogens is 140 g/mol. The molecule has 0 aliphatic carbocycles. The smallest absolute Gasteiger partial charge is 0.115 e. The van der Waals surface area contributed by atoms with Crippen LogP contribution in [0.2, 0.25) is 0 Å². The highest BCUT2D eigenvalue weighted by atomic mass is 16.5. The average molecular weight is 150 g/mol. The van der Waals surface area contributed by atoms with Crippen LogP contribution in [0.25, 0.3) is 0 Å². The van der Waals surface area contributed by atoms with Crippen molar-refractivity contribution >= 4 is 0 Å². The number of hydrogen-bond acceptors (Lipinski definition) is 2. The predicted molar refractivity (Wildman–Crippen MR) is 41.7 cm³/mol. The van der Waals surface area contributed by atoms with Gasteiger partial charge in [0.1, 0.15) is 5.75 Å². The molecule has 1 aromatic carbocycles. The molecule has 1 aliphatic heterocycles. The summed E-state index contributed by atoms with van der Waals surface area (Å²) < 4.78 is 5.05. The van der Waals surface area contributed by atoms with Crippen LogP contribution in [0.4, 0.5) is 0 Å². The Bertz CT molecular complexity index is 253. The third-order valence-corrected chi connectivity index (χ3v) is 1.98. The van der Waals surface area contributed by atoms with Crippen LogP contribution in [0.1, 0.15) is 11.5 Å². The van der Waals surface area contributed by atoms with Crippen molar-refractivity contribution in [2.45, 2.75) is 5.92 Å². The first-order valence-electron chi connectivity index (χ1n) is 3.73. The highest BCUT2D eigenvalue weighted by Crippen LogP contribution is 2.25. The van der Waals surface area contributed by atoms with Crippen LogP contribution in [-0.4, -0.2) is 18.3 Å². The maximum absolute atomic E-state index is 9.14. The topological polar surface area (TPSA) is 29.5 Å². The summed E-state index contributed by atoms with van der Waals surface area (Å²) in [5.41, 5.74) is 1.18. The molecule has 0 unspecified atom stereocenters. The number of hydrogen-bond donors (Lipinski definition) is 1. The second kappa shape index (κ2) is 2.55. The number of aromatic hydroxyl groups is 1. The summed E-state index contributed by atoms with van der Waals surface area (Å²) in [7, 11) is 0. The Labute approximate surface area is 65.4 Å². The van der Waals surface area contributed by atoms with E-state index in [1.807, 2.05) is 12.1 Å². The fourth-order valence-electron chi connectivity index (χ4n) is 1.21. The van der Waals surface area contributed by atoms with Gasteiger partial charge in [-0.3, -0.25) is 0 Å². The minimum atomic E-state index is 0.342. The number of rotatable bonds is 1. The summed E-state index contributed by atoms with van der Waals surface area (Å²) in [5, 5.41) is 9.14. The Hall–Kier alpha value is -1.02. The van der Waals surface area contributed by atoms with Crippen molar-refractivity contribution in [3.8, 4) is 5.75 Å². The van der Waals surface area contributed by atoms with Gasteiger partial charge < -0.3 is 9.84 Å². The molecule has 58 valence electrons. The second-order valence-corrected chi connectivity index (χ2v) is 2.83. The van der Waals surface area contributed by atoms with Gasteiger partial charge in [0.05, 0.1) is 13.2 Å². The number of benzene rings is 1. The van der Waals surface area contributed by atoms with Crippen LogP contribution in [0.15, 0.2) is 24.3 Å². The van der Waals surface area contributed by atoms with Crippen molar-refractivity contribution in [3.05, 3.63) is 29.8 Å². The molecule has 11 heavy (non-hydrogen) atoms. The molecule has 1 aromatic rings. The van der Waals surface area contributed by atoms with Gasteiger partial charge >= 0.3 is 0 Å². The van der Waals surface area contributed by atoms with E-state index < -0.39 is 0 Å². The van der Waals surface area contributed by atoms with E-state index in [1.165, 1.54) is 5.56 Å². The molecule has 0 aromatic heterocycles. The molecule has 1 aliphatic rings. The fourth-order valence-corrected chi connectivity index (χ4v) is 1.21. The number of ether oxygens (including phenoxy) is 1. The van der Waals surface area contributed by atoms with Crippen molar-refractivity contribution in [1.29, 1.82) is 0 Å². The molecule has 1 heterocycles. The molecular formula is C9H10O2. The van der Waals surface area contributed by atoms with Gasteiger partial charge in [0.15, 0.2) is 0 Å². The summed E-state index contributed by atoms with van der Waals surface area (Å²) >= 11 is 0. The Morgan fingerprint density at radius 1 is 1.36 bits per heavy atom. The third kappa shape index (κ3) is 1.21. The maximum Gasteiger partial charge on any atom is 0.115 e. The molecule has 0 amide bonds. The predicted octanol–water partition coefficient (Wildman–Crippen LogP) is 1.51. The molecule has 2 nitrogen and oxygen atoms in total. The van der Waals surface area contributed by atoms with Gasteiger partial charge in [-0.25, -0.2) is 0 Å². The van der Waals surface area contributed by atoms with Crippen LogP contribution in [0.5, 0.6) is 5.75 Å². The fraction of sp³-hybridized carbons (Fsp3) is 0.333. The van der Waals surface area contributed by atoms with E-state index in [2.05, 4.69) is 0 Å². The molecule has 0 radical (unpaired) electrons. The Morgan fingerprint density at radius 2 is 2.18 bits per heavy atom. The van der Waals surface area contributed by atoms with Crippen molar-refractivity contribution < 1.29 is 9.84 Å². The number of phenolic OH excluding ortho intramolecular Hbond substituents is 1. The van der Waals surface area contributed by atoms with Gasteiger partial charge in [0.2, 0.25) is 0 Å². The van der Waals surface area contributed by atoms with E-state index in [4.69, 9.17) is 9.84 Å². The normalized spacial score (nSPS) is 17.8. The molecule has 0 atom stereocenters. The zero-order chi connectivity index (χ0) is 7.68. The molecule has 1 saturated heterocycles. The monoisotopic (exact) mass is 150 g/mol. The Balaban J connectivity index is 2.23. The van der Waals surface area contributed by atoms with E-state index in [-0.39, 0.29) is 0 Å². The first-order valence-corrected chi connectivity index (χ1v) is 3.73. The van der Waals surface area contributed by atoms with Crippen LogP contribution in [-0.2, 0) is 4.74 Å². The van der Waals surface area contributed by atoms with Crippen molar-refractivity contribution in [1.82, 2.24) is 0 Å². The summed E-state index contributed by atoms with van der Waals surface area (Å²) in [6, 6.07) is 7.37. The molecule has 0 spiro atoms. The van der Waals surface area contributed by atoms with Crippen molar-refractivity contribution in [3.63, 3.8) is 0 Å². The van der Waals surface area contributed by atoms with E-state index >= 15 is 0 Å². The summed E-state index contributed by atoms with van der Waals surface area (Å²) in [4.78, 5) is 0. The lowest BCUT2D eigenvalue weighted by Gasteiger charge is -2.26. The van der Waals surface area contributed by atoms with E-state index in [1.54, 1.807) is 12.1 Å². The SMILES string of the molecule is Oc1cccc(C2COC2)c1. The van der Waals surface area contributed by atoms with Crippen molar-refractivity contribution in [2.75, 3.05) is 13.2 Å². The lowest BCUT2D eigenvalue weighted by molar-refractivity contribution is 0.00836. The molecule has 2 rings (SSSR count). The minimum absolute atomic E-state index is 0.342. The lowest BCUT2D eigenvalue weighted by atomic mass is 9.98. The lowest BCUT2D eigenvalue weighted by Crippen LogP contribution is -2.24. The molecule has 2 heteroatoms. The van der Waals surface area contributed by atoms with Gasteiger partial charge in [-0.15, -0.1) is 0 Å². The summed E-state index contributed by atoms with van der Waals surface area (Å²) in [6.45, 7) is 1.59. The molecule has 1 N–H and O–H groups in total. The van der Waals surface area contributed by atoms with Crippen LogP contribution in [0.3, 0.4) is 0 Å². The highest BCUT2D eigenvalue weighted by Gasteiger charge is 2.20. The third-order valence-electron chi connectivity index (χ3n) is 1.98. The van der Waals surface area contributed by atoms with E-state index in [9.17, 15) is 0 Å².